The van der Waals surface area contributed by atoms with Crippen LogP contribution in [0.3, 0.4) is 0 Å². The molecule has 15 heteroatoms. The lowest BCUT2D eigenvalue weighted by Gasteiger charge is -2.19. The monoisotopic (exact) mass is 744 g/mol. The number of rotatable bonds is 10. The maximum Gasteiger partial charge on any atom is 0.416 e. The van der Waals surface area contributed by atoms with E-state index in [1.807, 2.05) is 20.8 Å². The van der Waals surface area contributed by atoms with Crippen molar-refractivity contribution in [3.05, 3.63) is 58.7 Å². The van der Waals surface area contributed by atoms with Crippen molar-refractivity contribution >= 4 is 40.4 Å². The highest BCUT2D eigenvalue weighted by Gasteiger charge is 2.32. The van der Waals surface area contributed by atoms with Crippen LogP contribution in [0, 0.1) is 0 Å². The molecule has 0 bridgehead atoms. The number of hydrogen-bond acceptors (Lipinski definition) is 8. The van der Waals surface area contributed by atoms with E-state index in [-0.39, 0.29) is 54.2 Å². The number of aldehydes is 2. The van der Waals surface area contributed by atoms with Gasteiger partial charge >= 0.3 is 24.3 Å². The van der Waals surface area contributed by atoms with Gasteiger partial charge in [0.1, 0.15) is 22.7 Å². The van der Waals surface area contributed by atoms with E-state index in [1.54, 1.807) is 20.8 Å². The van der Waals surface area contributed by atoms with Crippen molar-refractivity contribution in [2.24, 2.45) is 0 Å². The first kappa shape index (κ1) is 43.4. The van der Waals surface area contributed by atoms with Crippen LogP contribution in [0.2, 0.25) is 0 Å². The molecule has 0 aliphatic carbocycles. The molecule has 0 atom stereocenters. The summed E-state index contributed by atoms with van der Waals surface area (Å²) in [7, 11) is 0. The molecule has 0 radical (unpaired) electrons. The summed E-state index contributed by atoms with van der Waals surface area (Å²) in [6.45, 7) is 10.8. The van der Waals surface area contributed by atoms with Crippen molar-refractivity contribution in [2.75, 3.05) is 11.9 Å². The SMILES string of the molecule is CC(C)(C)OC(=O)CCCBr.CC(C)(C)OC(=O)CCCOc1cc(C(F)(F)F)ccc1C=O.O=Cc1ccc(C(F)(F)F)cc1O. The van der Waals surface area contributed by atoms with E-state index >= 15 is 0 Å². The van der Waals surface area contributed by atoms with Gasteiger partial charge in [-0.25, -0.2) is 0 Å². The second-order valence-corrected chi connectivity index (χ2v) is 12.5. The third kappa shape index (κ3) is 19.6. The van der Waals surface area contributed by atoms with Gasteiger partial charge in [-0.1, -0.05) is 15.9 Å². The van der Waals surface area contributed by atoms with Crippen LogP contribution in [0.1, 0.15) is 99.1 Å². The molecule has 0 spiro atoms. The zero-order valence-electron chi connectivity index (χ0n) is 26.8. The second kappa shape index (κ2) is 19.3. The molecule has 0 aliphatic rings. The zero-order chi connectivity index (χ0) is 36.6. The first-order valence-electron chi connectivity index (χ1n) is 14.1. The van der Waals surface area contributed by atoms with E-state index in [9.17, 15) is 45.5 Å². The maximum absolute atomic E-state index is 12.7. The number of carbonyl (C=O) groups excluding carboxylic acids is 4. The Labute approximate surface area is 277 Å². The first-order chi connectivity index (χ1) is 21.4. The quantitative estimate of drug-likeness (QED) is 0.0844. The number of phenols is 1. The van der Waals surface area contributed by atoms with Crippen LogP contribution >= 0.6 is 15.9 Å². The molecule has 0 heterocycles. The van der Waals surface area contributed by atoms with E-state index < -0.39 is 40.8 Å². The molecule has 2 rings (SSSR count). The molecule has 1 N–H and O–H groups in total. The summed E-state index contributed by atoms with van der Waals surface area (Å²) in [5.41, 5.74) is -2.95. The zero-order valence-corrected chi connectivity index (χ0v) is 28.4. The number of aromatic hydroxyl groups is 1. The van der Waals surface area contributed by atoms with Gasteiger partial charge in [0.25, 0.3) is 0 Å². The summed E-state index contributed by atoms with van der Waals surface area (Å²) >= 11 is 3.25. The van der Waals surface area contributed by atoms with Crippen molar-refractivity contribution < 1.29 is 64.8 Å². The van der Waals surface area contributed by atoms with Crippen LogP contribution in [-0.4, -0.2) is 52.8 Å². The van der Waals surface area contributed by atoms with E-state index in [0.29, 0.717) is 18.8 Å². The van der Waals surface area contributed by atoms with Crippen molar-refractivity contribution in [1.29, 1.82) is 0 Å². The predicted molar refractivity (Wildman–Crippen MR) is 165 cm³/mol. The number of benzene rings is 2. The van der Waals surface area contributed by atoms with E-state index in [2.05, 4.69) is 15.9 Å². The van der Waals surface area contributed by atoms with Gasteiger partial charge in [0.2, 0.25) is 0 Å². The van der Waals surface area contributed by atoms with Crippen molar-refractivity contribution in [3.63, 3.8) is 0 Å². The second-order valence-electron chi connectivity index (χ2n) is 11.7. The number of halogens is 7. The average Bonchev–Trinajstić information content (AvgIpc) is 2.92. The fourth-order valence-corrected chi connectivity index (χ4v) is 3.43. The van der Waals surface area contributed by atoms with Gasteiger partial charge in [-0.05, 0) is 90.8 Å². The van der Waals surface area contributed by atoms with Gasteiger partial charge in [0.15, 0.2) is 12.6 Å². The Balaban J connectivity index is 0.000000744. The highest BCUT2D eigenvalue weighted by Crippen LogP contribution is 2.33. The van der Waals surface area contributed by atoms with Crippen LogP contribution in [0.25, 0.3) is 0 Å². The highest BCUT2D eigenvalue weighted by molar-refractivity contribution is 9.09. The number of phenolic OH excluding ortho intramolecular Hbond substituents is 1. The van der Waals surface area contributed by atoms with Gasteiger partial charge in [-0.2, -0.15) is 26.3 Å². The molecule has 0 aromatic heterocycles. The molecule has 0 saturated carbocycles. The molecular weight excluding hydrogens is 706 g/mol. The molecule has 0 saturated heterocycles. The molecule has 8 nitrogen and oxygen atoms in total. The number of esters is 2. The topological polar surface area (TPSA) is 116 Å². The summed E-state index contributed by atoms with van der Waals surface area (Å²) in [6, 6.07) is 4.83. The molecule has 2 aromatic rings. The Kier molecular flexibility index (Phi) is 17.8. The predicted octanol–water partition coefficient (Wildman–Crippen LogP) is 8.75. The summed E-state index contributed by atoms with van der Waals surface area (Å²) in [5.74, 6) is -1.35. The molecule has 2 aromatic carbocycles. The first-order valence-corrected chi connectivity index (χ1v) is 15.2. The van der Waals surface area contributed by atoms with Gasteiger partial charge in [-0.3, -0.25) is 19.2 Å². The van der Waals surface area contributed by atoms with Gasteiger partial charge in [0.05, 0.1) is 28.9 Å². The van der Waals surface area contributed by atoms with E-state index in [4.69, 9.17) is 19.3 Å². The average molecular weight is 746 g/mol. The smallest absolute Gasteiger partial charge is 0.416 e. The molecule has 47 heavy (non-hydrogen) atoms. The molecule has 0 unspecified atom stereocenters. The lowest BCUT2D eigenvalue weighted by molar-refractivity contribution is -0.156. The van der Waals surface area contributed by atoms with E-state index in [0.717, 1.165) is 42.1 Å². The third-order valence-corrected chi connectivity index (χ3v) is 5.65. The summed E-state index contributed by atoms with van der Waals surface area (Å²) in [6.07, 6.45) is -6.62. The standard InChI is InChI=1S/C16H19F3O4.C8H15BrO2.C8H5F3O2/c1-15(2,3)23-14(21)5-4-8-22-13-9-12(16(17,18)19)7-6-11(13)10-20;1-8(2,3)11-7(10)5-4-6-9;9-8(10,11)6-2-1-5(4-12)7(13)3-6/h6-7,9-10H,4-5,8H2,1-3H3;4-6H2,1-3H3;1-4,13H. The fraction of sp³-hybridized carbons (Fsp3) is 0.500. The van der Waals surface area contributed by atoms with Crippen LogP contribution in [0.15, 0.2) is 36.4 Å². The minimum absolute atomic E-state index is 0.00138. The normalized spacial score (nSPS) is 11.6. The molecule has 0 aliphatic heterocycles. The lowest BCUT2D eigenvalue weighted by Crippen LogP contribution is -2.24. The molecule has 0 fully saturated rings. The molecular formula is C32H39BrF6O8. The number of alkyl halides is 7. The van der Waals surface area contributed by atoms with Crippen molar-refractivity contribution in [3.8, 4) is 11.5 Å². The van der Waals surface area contributed by atoms with Crippen LogP contribution in [0.5, 0.6) is 11.5 Å². The minimum Gasteiger partial charge on any atom is -0.507 e. The van der Waals surface area contributed by atoms with Crippen molar-refractivity contribution in [1.82, 2.24) is 0 Å². The third-order valence-electron chi connectivity index (χ3n) is 5.09. The van der Waals surface area contributed by atoms with Crippen LogP contribution < -0.4 is 4.74 Å². The van der Waals surface area contributed by atoms with E-state index in [1.165, 1.54) is 0 Å². The largest absolute Gasteiger partial charge is 0.507 e. The Bertz CT molecular complexity index is 1310. The highest BCUT2D eigenvalue weighted by atomic mass is 79.9. The lowest BCUT2D eigenvalue weighted by atomic mass is 10.1. The number of carbonyl (C=O) groups is 4. The van der Waals surface area contributed by atoms with Gasteiger partial charge in [-0.15, -0.1) is 0 Å². The fourth-order valence-electron chi connectivity index (χ4n) is 3.15. The van der Waals surface area contributed by atoms with Crippen molar-refractivity contribution in [2.45, 2.75) is 90.8 Å². The van der Waals surface area contributed by atoms with Gasteiger partial charge in [0, 0.05) is 18.2 Å². The minimum atomic E-state index is -4.52. The molecule has 0 amide bonds. The van der Waals surface area contributed by atoms with Crippen LogP contribution in [-0.2, 0) is 31.4 Å². The summed E-state index contributed by atoms with van der Waals surface area (Å²) in [5, 5.41) is 9.78. The number of hydrogen-bond donors (Lipinski definition) is 1. The Morgan fingerprint density at radius 2 is 1.15 bits per heavy atom. The summed E-state index contributed by atoms with van der Waals surface area (Å²) in [4.78, 5) is 43.5. The maximum atomic E-state index is 12.7. The Hall–Kier alpha value is -3.62. The molecule has 264 valence electrons. The Morgan fingerprint density at radius 3 is 1.53 bits per heavy atom. The number of ether oxygens (including phenoxy) is 3. The van der Waals surface area contributed by atoms with Gasteiger partial charge < -0.3 is 19.3 Å². The Morgan fingerprint density at radius 1 is 0.723 bits per heavy atom. The van der Waals surface area contributed by atoms with Crippen LogP contribution in [0.4, 0.5) is 26.3 Å². The summed E-state index contributed by atoms with van der Waals surface area (Å²) < 4.78 is 89.3.